The Balaban J connectivity index is 1.92. The molecule has 22 heavy (non-hydrogen) atoms. The van der Waals surface area contributed by atoms with E-state index in [1.165, 1.54) is 18.3 Å². The standard InChI is InChI=1S/C15H15NO6/c1-19-7-10-6-16(15(18)22-10)12-8-21-13-5-9(14(17)20-2)3-4-11(12)13/h3-5,8,10H,6-7H2,1-2H3. The van der Waals surface area contributed by atoms with Gasteiger partial charge < -0.3 is 18.6 Å². The average Bonchev–Trinajstić information content (AvgIpc) is 3.09. The number of hydrogen-bond acceptors (Lipinski definition) is 6. The van der Waals surface area contributed by atoms with E-state index in [4.69, 9.17) is 13.9 Å². The van der Waals surface area contributed by atoms with Gasteiger partial charge in [-0.2, -0.15) is 0 Å². The van der Waals surface area contributed by atoms with Crippen molar-refractivity contribution in [2.45, 2.75) is 6.10 Å². The van der Waals surface area contributed by atoms with Crippen LogP contribution in [-0.4, -0.2) is 45.5 Å². The molecule has 0 saturated carbocycles. The molecule has 1 amide bonds. The van der Waals surface area contributed by atoms with Gasteiger partial charge in [0.15, 0.2) is 0 Å². The molecule has 1 aliphatic rings. The van der Waals surface area contributed by atoms with Gasteiger partial charge in [-0.15, -0.1) is 0 Å². The van der Waals surface area contributed by atoms with Crippen molar-refractivity contribution in [3.63, 3.8) is 0 Å². The maximum Gasteiger partial charge on any atom is 0.414 e. The van der Waals surface area contributed by atoms with Crippen LogP contribution in [0, 0.1) is 0 Å². The van der Waals surface area contributed by atoms with E-state index in [-0.39, 0.29) is 6.10 Å². The number of esters is 1. The van der Waals surface area contributed by atoms with E-state index < -0.39 is 12.1 Å². The number of fused-ring (bicyclic) bond motifs is 1. The monoisotopic (exact) mass is 305 g/mol. The number of hydrogen-bond donors (Lipinski definition) is 0. The summed E-state index contributed by atoms with van der Waals surface area (Å²) < 4.78 is 20.3. The first-order chi connectivity index (χ1) is 10.6. The number of furan rings is 1. The summed E-state index contributed by atoms with van der Waals surface area (Å²) in [5, 5.41) is 0.725. The number of cyclic esters (lactones) is 1. The molecule has 116 valence electrons. The minimum absolute atomic E-state index is 0.309. The molecule has 1 fully saturated rings. The van der Waals surface area contributed by atoms with Crippen LogP contribution < -0.4 is 4.90 Å². The summed E-state index contributed by atoms with van der Waals surface area (Å²) in [6.45, 7) is 0.727. The lowest BCUT2D eigenvalue weighted by atomic mass is 10.1. The van der Waals surface area contributed by atoms with Crippen LogP contribution in [0.5, 0.6) is 0 Å². The molecule has 0 bridgehead atoms. The van der Waals surface area contributed by atoms with Gasteiger partial charge >= 0.3 is 12.1 Å². The van der Waals surface area contributed by atoms with E-state index >= 15 is 0 Å². The smallest absolute Gasteiger partial charge is 0.414 e. The predicted octanol–water partition coefficient (Wildman–Crippen LogP) is 2.19. The van der Waals surface area contributed by atoms with Gasteiger partial charge in [0.1, 0.15) is 18.0 Å². The Hall–Kier alpha value is -2.54. The van der Waals surface area contributed by atoms with Crippen molar-refractivity contribution in [1.29, 1.82) is 0 Å². The second kappa shape index (κ2) is 5.69. The highest BCUT2D eigenvalue weighted by Gasteiger charge is 2.34. The number of anilines is 1. The number of methoxy groups -OCH3 is 2. The van der Waals surface area contributed by atoms with Crippen molar-refractivity contribution in [3.05, 3.63) is 30.0 Å². The van der Waals surface area contributed by atoms with Gasteiger partial charge in [-0.05, 0) is 18.2 Å². The summed E-state index contributed by atoms with van der Waals surface area (Å²) in [5.74, 6) is -0.444. The lowest BCUT2D eigenvalue weighted by Gasteiger charge is -2.10. The van der Waals surface area contributed by atoms with Gasteiger partial charge in [0.2, 0.25) is 0 Å². The Morgan fingerprint density at radius 3 is 2.95 bits per heavy atom. The maximum atomic E-state index is 12.0. The van der Waals surface area contributed by atoms with Gasteiger partial charge in [-0.3, -0.25) is 4.90 Å². The van der Waals surface area contributed by atoms with Gasteiger partial charge in [0.25, 0.3) is 0 Å². The average molecular weight is 305 g/mol. The summed E-state index contributed by atoms with van der Waals surface area (Å²) >= 11 is 0. The predicted molar refractivity (Wildman–Crippen MR) is 77.0 cm³/mol. The highest BCUT2D eigenvalue weighted by Crippen LogP contribution is 2.32. The topological polar surface area (TPSA) is 78.2 Å². The summed E-state index contributed by atoms with van der Waals surface area (Å²) in [4.78, 5) is 25.0. The zero-order valence-corrected chi connectivity index (χ0v) is 12.2. The van der Waals surface area contributed by atoms with E-state index in [9.17, 15) is 9.59 Å². The van der Waals surface area contributed by atoms with Crippen LogP contribution in [0.2, 0.25) is 0 Å². The van der Waals surface area contributed by atoms with Gasteiger partial charge in [0.05, 0.1) is 31.5 Å². The van der Waals surface area contributed by atoms with E-state index in [1.54, 1.807) is 25.3 Å². The fourth-order valence-electron chi connectivity index (χ4n) is 2.46. The van der Waals surface area contributed by atoms with E-state index in [0.717, 1.165) is 5.39 Å². The fraction of sp³-hybridized carbons (Fsp3) is 0.333. The van der Waals surface area contributed by atoms with Crippen LogP contribution >= 0.6 is 0 Å². The molecule has 0 radical (unpaired) electrons. The minimum Gasteiger partial charge on any atom is -0.465 e. The molecule has 1 aliphatic heterocycles. The Labute approximate surface area is 126 Å². The molecule has 3 rings (SSSR count). The lowest BCUT2D eigenvalue weighted by molar-refractivity contribution is 0.0600. The maximum absolute atomic E-state index is 12.0. The summed E-state index contributed by atoms with van der Waals surface area (Å²) in [6.07, 6.45) is 0.723. The van der Waals surface area contributed by atoms with Gasteiger partial charge in [-0.25, -0.2) is 9.59 Å². The van der Waals surface area contributed by atoms with Crippen molar-refractivity contribution in [2.75, 3.05) is 32.3 Å². The molecule has 1 aromatic heterocycles. The Bertz CT molecular complexity index is 722. The molecule has 1 saturated heterocycles. The van der Waals surface area contributed by atoms with Crippen molar-refractivity contribution in [1.82, 2.24) is 0 Å². The molecule has 1 unspecified atom stereocenters. The second-order valence-electron chi connectivity index (χ2n) is 4.90. The first-order valence-corrected chi connectivity index (χ1v) is 6.70. The van der Waals surface area contributed by atoms with Crippen molar-refractivity contribution >= 4 is 28.7 Å². The number of ether oxygens (including phenoxy) is 3. The number of rotatable bonds is 4. The first-order valence-electron chi connectivity index (χ1n) is 6.70. The SMILES string of the molecule is COCC1CN(c2coc3cc(C(=O)OC)ccc23)C(=O)O1. The molecule has 0 spiro atoms. The van der Waals surface area contributed by atoms with E-state index in [2.05, 4.69) is 4.74 Å². The molecule has 0 N–H and O–H groups in total. The first kappa shape index (κ1) is 14.4. The molecule has 7 heteroatoms. The molecular formula is C15H15NO6. The summed E-state index contributed by atoms with van der Waals surface area (Å²) in [5.41, 5.74) is 1.49. The fourth-order valence-corrected chi connectivity index (χ4v) is 2.46. The van der Waals surface area contributed by atoms with Crippen molar-refractivity contribution < 1.29 is 28.2 Å². The number of carbonyl (C=O) groups excluding carboxylic acids is 2. The minimum atomic E-state index is -0.444. The molecule has 2 heterocycles. The van der Waals surface area contributed by atoms with Crippen molar-refractivity contribution in [3.8, 4) is 0 Å². The third-order valence-corrected chi connectivity index (χ3v) is 3.49. The zero-order valence-electron chi connectivity index (χ0n) is 12.2. The van der Waals surface area contributed by atoms with Crippen LogP contribution in [0.25, 0.3) is 11.0 Å². The second-order valence-corrected chi connectivity index (χ2v) is 4.90. The lowest BCUT2D eigenvalue weighted by Crippen LogP contribution is -2.25. The number of amides is 1. The largest absolute Gasteiger partial charge is 0.465 e. The third-order valence-electron chi connectivity index (χ3n) is 3.49. The number of benzene rings is 1. The van der Waals surface area contributed by atoms with E-state index in [0.29, 0.717) is 30.0 Å². The van der Waals surface area contributed by atoms with Crippen LogP contribution in [-0.2, 0) is 14.2 Å². The van der Waals surface area contributed by atoms with Gasteiger partial charge in [-0.1, -0.05) is 0 Å². The van der Waals surface area contributed by atoms with Crippen LogP contribution in [0.1, 0.15) is 10.4 Å². The molecular weight excluding hydrogens is 290 g/mol. The molecule has 0 aliphatic carbocycles. The summed E-state index contributed by atoms with van der Waals surface area (Å²) in [6, 6.07) is 4.93. The molecule has 1 atom stereocenters. The zero-order chi connectivity index (χ0) is 15.7. The molecule has 1 aromatic carbocycles. The molecule has 2 aromatic rings. The van der Waals surface area contributed by atoms with Gasteiger partial charge in [0, 0.05) is 12.5 Å². The summed E-state index contributed by atoms with van der Waals surface area (Å²) in [7, 11) is 2.87. The van der Waals surface area contributed by atoms with Crippen LogP contribution in [0.15, 0.2) is 28.9 Å². The highest BCUT2D eigenvalue weighted by molar-refractivity contribution is 6.03. The third kappa shape index (κ3) is 2.39. The Kier molecular flexibility index (Phi) is 3.72. The van der Waals surface area contributed by atoms with E-state index in [1.807, 2.05) is 0 Å². The van der Waals surface area contributed by atoms with Crippen LogP contribution in [0.4, 0.5) is 10.5 Å². The Morgan fingerprint density at radius 1 is 1.41 bits per heavy atom. The Morgan fingerprint density at radius 2 is 2.23 bits per heavy atom. The van der Waals surface area contributed by atoms with Crippen LogP contribution in [0.3, 0.4) is 0 Å². The van der Waals surface area contributed by atoms with Crippen molar-refractivity contribution in [2.24, 2.45) is 0 Å². The number of carbonyl (C=O) groups is 2. The quantitative estimate of drug-likeness (QED) is 0.806. The molecule has 7 nitrogen and oxygen atoms in total. The normalized spacial score (nSPS) is 17.8. The highest BCUT2D eigenvalue weighted by atomic mass is 16.6. The number of nitrogens with zero attached hydrogens (tertiary/aromatic N) is 1.